The molecule has 12 heavy (non-hydrogen) atoms. The lowest BCUT2D eigenvalue weighted by molar-refractivity contribution is 0.171. The summed E-state index contributed by atoms with van der Waals surface area (Å²) in [6.07, 6.45) is 0. The SMILES string of the molecule is CC.c1ccc2c(c1)OCCO2. The molecule has 1 aromatic carbocycles. The van der Waals surface area contributed by atoms with Gasteiger partial charge in [-0.3, -0.25) is 0 Å². The first kappa shape index (κ1) is 8.91. The van der Waals surface area contributed by atoms with Crippen molar-refractivity contribution in [1.82, 2.24) is 0 Å². The van der Waals surface area contributed by atoms with Crippen LogP contribution in [0.25, 0.3) is 0 Å². The second-order valence-corrected chi connectivity index (χ2v) is 2.14. The minimum atomic E-state index is 0.664. The molecule has 0 bridgehead atoms. The smallest absolute Gasteiger partial charge is 0.161 e. The lowest BCUT2D eigenvalue weighted by atomic mass is 10.3. The molecule has 0 fully saturated rings. The number of ether oxygens (including phenoxy) is 2. The molecule has 2 nitrogen and oxygen atoms in total. The van der Waals surface area contributed by atoms with Gasteiger partial charge in [-0.15, -0.1) is 0 Å². The molecule has 0 saturated heterocycles. The summed E-state index contributed by atoms with van der Waals surface area (Å²) in [6, 6.07) is 7.70. The highest BCUT2D eigenvalue weighted by Gasteiger charge is 2.07. The molecular formula is C10H14O2. The first-order valence-corrected chi connectivity index (χ1v) is 4.31. The average Bonchev–Trinajstić information content (AvgIpc) is 2.21. The van der Waals surface area contributed by atoms with Crippen LogP contribution in [-0.4, -0.2) is 13.2 Å². The molecule has 0 spiro atoms. The zero-order valence-electron chi connectivity index (χ0n) is 7.54. The maximum absolute atomic E-state index is 5.30. The van der Waals surface area contributed by atoms with Crippen LogP contribution in [-0.2, 0) is 0 Å². The predicted molar refractivity (Wildman–Crippen MR) is 48.8 cm³/mol. The highest BCUT2D eigenvalue weighted by atomic mass is 16.6. The molecule has 1 aliphatic rings. The van der Waals surface area contributed by atoms with Gasteiger partial charge in [-0.25, -0.2) is 0 Å². The molecule has 1 heterocycles. The van der Waals surface area contributed by atoms with Crippen molar-refractivity contribution >= 4 is 0 Å². The molecule has 0 aromatic heterocycles. The van der Waals surface area contributed by atoms with Crippen LogP contribution in [0.1, 0.15) is 13.8 Å². The van der Waals surface area contributed by atoms with Crippen molar-refractivity contribution < 1.29 is 9.47 Å². The van der Waals surface area contributed by atoms with Crippen molar-refractivity contribution in [1.29, 1.82) is 0 Å². The maximum Gasteiger partial charge on any atom is 0.161 e. The summed E-state index contributed by atoms with van der Waals surface area (Å²) < 4.78 is 10.6. The lowest BCUT2D eigenvalue weighted by Crippen LogP contribution is -2.14. The van der Waals surface area contributed by atoms with Gasteiger partial charge in [0.15, 0.2) is 11.5 Å². The van der Waals surface area contributed by atoms with Crippen molar-refractivity contribution in [3.05, 3.63) is 24.3 Å². The summed E-state index contributed by atoms with van der Waals surface area (Å²) >= 11 is 0. The summed E-state index contributed by atoms with van der Waals surface area (Å²) in [5.74, 6) is 1.71. The normalized spacial score (nSPS) is 12.8. The van der Waals surface area contributed by atoms with Crippen LogP contribution in [0.2, 0.25) is 0 Å². The monoisotopic (exact) mass is 166 g/mol. The molecule has 2 rings (SSSR count). The van der Waals surface area contributed by atoms with E-state index in [0.29, 0.717) is 13.2 Å². The minimum absolute atomic E-state index is 0.664. The number of fused-ring (bicyclic) bond motifs is 1. The number of hydrogen-bond acceptors (Lipinski definition) is 2. The van der Waals surface area contributed by atoms with Crippen LogP contribution in [0.4, 0.5) is 0 Å². The van der Waals surface area contributed by atoms with E-state index in [1.54, 1.807) is 0 Å². The minimum Gasteiger partial charge on any atom is -0.486 e. The molecule has 0 unspecified atom stereocenters. The average molecular weight is 166 g/mol. The first-order valence-electron chi connectivity index (χ1n) is 4.31. The van der Waals surface area contributed by atoms with E-state index in [9.17, 15) is 0 Å². The number of hydrogen-bond donors (Lipinski definition) is 0. The van der Waals surface area contributed by atoms with E-state index in [0.717, 1.165) is 11.5 Å². The third kappa shape index (κ3) is 1.91. The van der Waals surface area contributed by atoms with Gasteiger partial charge in [0, 0.05) is 0 Å². The van der Waals surface area contributed by atoms with Crippen LogP contribution < -0.4 is 9.47 Å². The molecule has 0 atom stereocenters. The number of benzene rings is 1. The van der Waals surface area contributed by atoms with Gasteiger partial charge in [0.2, 0.25) is 0 Å². The molecular weight excluding hydrogens is 152 g/mol. The Morgan fingerprint density at radius 2 is 1.33 bits per heavy atom. The van der Waals surface area contributed by atoms with Gasteiger partial charge in [0.25, 0.3) is 0 Å². The molecule has 0 saturated carbocycles. The van der Waals surface area contributed by atoms with E-state index in [1.165, 1.54) is 0 Å². The zero-order chi connectivity index (χ0) is 8.81. The zero-order valence-corrected chi connectivity index (χ0v) is 7.54. The van der Waals surface area contributed by atoms with Crippen LogP contribution >= 0.6 is 0 Å². The fraction of sp³-hybridized carbons (Fsp3) is 0.400. The quantitative estimate of drug-likeness (QED) is 0.589. The second-order valence-electron chi connectivity index (χ2n) is 2.14. The lowest BCUT2D eigenvalue weighted by Gasteiger charge is -2.17. The van der Waals surface area contributed by atoms with Crippen molar-refractivity contribution in [2.75, 3.05) is 13.2 Å². The largest absolute Gasteiger partial charge is 0.486 e. The second kappa shape index (κ2) is 4.65. The highest BCUT2D eigenvalue weighted by Crippen LogP contribution is 2.28. The molecule has 2 heteroatoms. The van der Waals surface area contributed by atoms with Gasteiger partial charge < -0.3 is 9.47 Å². The fourth-order valence-corrected chi connectivity index (χ4v) is 0.992. The van der Waals surface area contributed by atoms with Crippen molar-refractivity contribution in [3.8, 4) is 11.5 Å². The Balaban J connectivity index is 0.000000336. The molecule has 0 radical (unpaired) electrons. The first-order chi connectivity index (χ1) is 5.97. The molecule has 0 amide bonds. The van der Waals surface area contributed by atoms with Crippen LogP contribution in [0, 0.1) is 0 Å². The summed E-state index contributed by atoms with van der Waals surface area (Å²) in [6.45, 7) is 5.33. The van der Waals surface area contributed by atoms with Crippen molar-refractivity contribution in [2.45, 2.75) is 13.8 Å². The van der Waals surface area contributed by atoms with Crippen LogP contribution in [0.15, 0.2) is 24.3 Å². The summed E-state index contributed by atoms with van der Waals surface area (Å²) in [5.41, 5.74) is 0. The van der Waals surface area contributed by atoms with E-state index in [-0.39, 0.29) is 0 Å². The number of rotatable bonds is 0. The van der Waals surface area contributed by atoms with Gasteiger partial charge in [-0.2, -0.15) is 0 Å². The summed E-state index contributed by atoms with van der Waals surface area (Å²) in [7, 11) is 0. The topological polar surface area (TPSA) is 18.5 Å². The number of para-hydroxylation sites is 2. The third-order valence-electron chi connectivity index (χ3n) is 1.45. The Kier molecular flexibility index (Phi) is 3.45. The van der Waals surface area contributed by atoms with E-state index in [2.05, 4.69) is 0 Å². The van der Waals surface area contributed by atoms with Gasteiger partial charge in [0.05, 0.1) is 0 Å². The summed E-state index contributed by atoms with van der Waals surface area (Å²) in [5, 5.41) is 0. The summed E-state index contributed by atoms with van der Waals surface area (Å²) in [4.78, 5) is 0. The van der Waals surface area contributed by atoms with E-state index < -0.39 is 0 Å². The molecule has 1 aliphatic heterocycles. The van der Waals surface area contributed by atoms with E-state index in [4.69, 9.17) is 9.47 Å². The molecule has 66 valence electrons. The van der Waals surface area contributed by atoms with Gasteiger partial charge >= 0.3 is 0 Å². The Bertz CT molecular complexity index is 208. The fourth-order valence-electron chi connectivity index (χ4n) is 0.992. The predicted octanol–water partition coefficient (Wildman–Crippen LogP) is 2.48. The Morgan fingerprint density at radius 3 is 1.75 bits per heavy atom. The Labute approximate surface area is 73.1 Å². The van der Waals surface area contributed by atoms with E-state index >= 15 is 0 Å². The van der Waals surface area contributed by atoms with Crippen molar-refractivity contribution in [3.63, 3.8) is 0 Å². The Hall–Kier alpha value is -1.18. The standard InChI is InChI=1S/C8H8O2.C2H6/c1-2-4-8-7(3-1)9-5-6-10-8;1-2/h1-4H,5-6H2;1-2H3. The maximum atomic E-state index is 5.30. The molecule has 0 aliphatic carbocycles. The highest BCUT2D eigenvalue weighted by molar-refractivity contribution is 5.40. The molecule has 1 aromatic rings. The van der Waals surface area contributed by atoms with Crippen molar-refractivity contribution in [2.24, 2.45) is 0 Å². The van der Waals surface area contributed by atoms with Crippen LogP contribution in [0.3, 0.4) is 0 Å². The Morgan fingerprint density at radius 1 is 0.917 bits per heavy atom. The van der Waals surface area contributed by atoms with Crippen LogP contribution in [0.5, 0.6) is 11.5 Å². The van der Waals surface area contributed by atoms with Gasteiger partial charge in [-0.1, -0.05) is 26.0 Å². The van der Waals surface area contributed by atoms with Gasteiger partial charge in [-0.05, 0) is 12.1 Å². The van der Waals surface area contributed by atoms with E-state index in [1.807, 2.05) is 38.1 Å². The van der Waals surface area contributed by atoms with Gasteiger partial charge in [0.1, 0.15) is 13.2 Å². The molecule has 0 N–H and O–H groups in total. The third-order valence-corrected chi connectivity index (χ3v) is 1.45.